The number of carbonyl (C=O) groups is 1. The van der Waals surface area contributed by atoms with Gasteiger partial charge in [-0.3, -0.25) is 4.79 Å². The van der Waals surface area contributed by atoms with E-state index < -0.39 is 0 Å². The second-order valence-corrected chi connectivity index (χ2v) is 6.32. The number of rotatable bonds is 11. The minimum atomic E-state index is 0.0283. The molecule has 0 heterocycles. The van der Waals surface area contributed by atoms with E-state index in [1.807, 2.05) is 54.6 Å². The number of benzene rings is 2. The molecule has 0 aliphatic rings. The molecule has 2 aromatic rings. The van der Waals surface area contributed by atoms with Crippen LogP contribution in [0.25, 0.3) is 0 Å². The number of anilines is 1. The molecule has 0 spiro atoms. The lowest BCUT2D eigenvalue weighted by molar-refractivity contribution is -0.116. The Bertz CT molecular complexity index is 625. The van der Waals surface area contributed by atoms with Gasteiger partial charge in [0.1, 0.15) is 5.75 Å². The summed E-state index contributed by atoms with van der Waals surface area (Å²) in [6, 6.07) is 17.7. The van der Waals surface area contributed by atoms with Crippen LogP contribution >= 0.6 is 0 Å². The predicted molar refractivity (Wildman–Crippen MR) is 104 cm³/mol. The Morgan fingerprint density at radius 3 is 2.56 bits per heavy atom. The zero-order chi connectivity index (χ0) is 17.7. The van der Waals surface area contributed by atoms with Gasteiger partial charge in [-0.15, -0.1) is 0 Å². The van der Waals surface area contributed by atoms with Crippen molar-refractivity contribution in [3.63, 3.8) is 0 Å². The molecule has 134 valence electrons. The molecular weight excluding hydrogens is 310 g/mol. The number of ether oxygens (including phenoxy) is 1. The molecule has 0 aliphatic carbocycles. The summed E-state index contributed by atoms with van der Waals surface area (Å²) >= 11 is 0. The first-order valence-electron chi connectivity index (χ1n) is 9.34. The summed E-state index contributed by atoms with van der Waals surface area (Å²) in [7, 11) is 0. The van der Waals surface area contributed by atoms with Crippen LogP contribution in [0.1, 0.15) is 51.0 Å². The Morgan fingerprint density at radius 1 is 0.960 bits per heavy atom. The van der Waals surface area contributed by atoms with Crippen molar-refractivity contribution in [1.82, 2.24) is 0 Å². The van der Waals surface area contributed by atoms with Crippen molar-refractivity contribution >= 4 is 11.6 Å². The third-order valence-corrected chi connectivity index (χ3v) is 4.12. The molecule has 1 amide bonds. The minimum absolute atomic E-state index is 0.0283. The second-order valence-electron chi connectivity index (χ2n) is 6.32. The van der Waals surface area contributed by atoms with E-state index in [2.05, 4.69) is 12.2 Å². The van der Waals surface area contributed by atoms with Crippen LogP contribution in [0, 0.1) is 0 Å². The Morgan fingerprint density at radius 2 is 1.76 bits per heavy atom. The monoisotopic (exact) mass is 339 g/mol. The topological polar surface area (TPSA) is 38.3 Å². The molecule has 0 saturated heterocycles. The highest BCUT2D eigenvalue weighted by atomic mass is 16.5. The van der Waals surface area contributed by atoms with Crippen LogP contribution in [0.3, 0.4) is 0 Å². The summed E-state index contributed by atoms with van der Waals surface area (Å²) in [4.78, 5) is 12.1. The van der Waals surface area contributed by atoms with Crippen molar-refractivity contribution < 1.29 is 9.53 Å². The number of aryl methyl sites for hydroxylation is 1. The van der Waals surface area contributed by atoms with Crippen LogP contribution in [-0.4, -0.2) is 12.5 Å². The summed E-state index contributed by atoms with van der Waals surface area (Å²) < 4.78 is 5.79. The van der Waals surface area contributed by atoms with Gasteiger partial charge >= 0.3 is 0 Å². The van der Waals surface area contributed by atoms with Crippen LogP contribution in [0.2, 0.25) is 0 Å². The Kier molecular flexibility index (Phi) is 8.60. The Balaban J connectivity index is 1.71. The first-order chi connectivity index (χ1) is 12.3. The molecule has 0 saturated carbocycles. The van der Waals surface area contributed by atoms with Gasteiger partial charge in [-0.25, -0.2) is 0 Å². The molecule has 0 aromatic heterocycles. The highest BCUT2D eigenvalue weighted by Gasteiger charge is 2.04. The van der Waals surface area contributed by atoms with Crippen LogP contribution in [0.4, 0.5) is 5.69 Å². The van der Waals surface area contributed by atoms with Crippen molar-refractivity contribution in [2.75, 3.05) is 11.9 Å². The van der Waals surface area contributed by atoms with Crippen LogP contribution in [-0.2, 0) is 11.2 Å². The summed E-state index contributed by atoms with van der Waals surface area (Å²) in [6.45, 7) is 2.95. The van der Waals surface area contributed by atoms with E-state index in [9.17, 15) is 4.79 Å². The molecule has 25 heavy (non-hydrogen) atoms. The van der Waals surface area contributed by atoms with Crippen LogP contribution in [0.15, 0.2) is 54.6 Å². The molecule has 0 radical (unpaired) electrons. The smallest absolute Gasteiger partial charge is 0.224 e. The van der Waals surface area contributed by atoms with Gasteiger partial charge in [0.2, 0.25) is 5.91 Å². The fourth-order valence-electron chi connectivity index (χ4n) is 2.69. The maximum absolute atomic E-state index is 12.1. The number of hydrogen-bond acceptors (Lipinski definition) is 2. The van der Waals surface area contributed by atoms with Crippen molar-refractivity contribution in [2.45, 2.75) is 51.9 Å². The predicted octanol–water partition coefficient (Wildman–Crippen LogP) is 5.61. The highest BCUT2D eigenvalue weighted by molar-refractivity contribution is 5.91. The molecule has 3 nitrogen and oxygen atoms in total. The standard InChI is InChI=1S/C22H29NO2/c1-2-3-4-5-9-17-25-21-14-10-13-20(18-21)23-22(24)16-15-19-11-7-6-8-12-19/h6-8,10-14,18H,2-5,9,15-17H2,1H3,(H,23,24). The van der Waals surface area contributed by atoms with Gasteiger partial charge < -0.3 is 10.1 Å². The molecule has 3 heteroatoms. The summed E-state index contributed by atoms with van der Waals surface area (Å²) in [6.07, 6.45) is 7.35. The van der Waals surface area contributed by atoms with Gasteiger partial charge in [0.15, 0.2) is 0 Å². The van der Waals surface area contributed by atoms with Gasteiger partial charge in [-0.1, -0.05) is 69.0 Å². The summed E-state index contributed by atoms with van der Waals surface area (Å²) in [5.74, 6) is 0.844. The number of unbranched alkanes of at least 4 members (excludes halogenated alkanes) is 4. The van der Waals surface area contributed by atoms with Gasteiger partial charge in [0.05, 0.1) is 6.61 Å². The lowest BCUT2D eigenvalue weighted by Gasteiger charge is -2.09. The molecule has 0 fully saturated rings. The Labute approximate surface area is 151 Å². The number of hydrogen-bond donors (Lipinski definition) is 1. The molecule has 0 atom stereocenters. The molecule has 0 unspecified atom stereocenters. The fourth-order valence-corrected chi connectivity index (χ4v) is 2.69. The van der Waals surface area contributed by atoms with Gasteiger partial charge in [-0.2, -0.15) is 0 Å². The van der Waals surface area contributed by atoms with Crippen LogP contribution in [0.5, 0.6) is 5.75 Å². The second kappa shape index (κ2) is 11.3. The highest BCUT2D eigenvalue weighted by Crippen LogP contribution is 2.18. The molecule has 1 N–H and O–H groups in total. The average molecular weight is 339 g/mol. The third kappa shape index (κ3) is 7.88. The zero-order valence-electron chi connectivity index (χ0n) is 15.2. The van der Waals surface area contributed by atoms with E-state index >= 15 is 0 Å². The molecule has 0 bridgehead atoms. The minimum Gasteiger partial charge on any atom is -0.494 e. The average Bonchev–Trinajstić information content (AvgIpc) is 2.64. The van der Waals surface area contributed by atoms with E-state index in [0.29, 0.717) is 6.42 Å². The fraction of sp³-hybridized carbons (Fsp3) is 0.409. The lowest BCUT2D eigenvalue weighted by Crippen LogP contribution is -2.12. The van der Waals surface area contributed by atoms with Crippen molar-refractivity contribution in [2.24, 2.45) is 0 Å². The molecular formula is C22H29NO2. The van der Waals surface area contributed by atoms with E-state index in [1.165, 1.54) is 31.2 Å². The summed E-state index contributed by atoms with van der Waals surface area (Å²) in [5.41, 5.74) is 1.97. The third-order valence-electron chi connectivity index (χ3n) is 4.12. The van der Waals surface area contributed by atoms with Crippen molar-refractivity contribution in [3.8, 4) is 5.75 Å². The van der Waals surface area contributed by atoms with Gasteiger partial charge in [0, 0.05) is 18.2 Å². The summed E-state index contributed by atoms with van der Waals surface area (Å²) in [5, 5.41) is 2.95. The van der Waals surface area contributed by atoms with E-state index in [-0.39, 0.29) is 5.91 Å². The van der Waals surface area contributed by atoms with Crippen molar-refractivity contribution in [1.29, 1.82) is 0 Å². The van der Waals surface area contributed by atoms with E-state index in [0.717, 1.165) is 30.9 Å². The lowest BCUT2D eigenvalue weighted by atomic mass is 10.1. The van der Waals surface area contributed by atoms with Crippen molar-refractivity contribution in [3.05, 3.63) is 60.2 Å². The van der Waals surface area contributed by atoms with Gasteiger partial charge in [0.25, 0.3) is 0 Å². The maximum Gasteiger partial charge on any atom is 0.224 e. The SMILES string of the molecule is CCCCCCCOc1cccc(NC(=O)CCc2ccccc2)c1. The molecule has 2 rings (SSSR count). The quantitative estimate of drug-likeness (QED) is 0.541. The molecule has 0 aliphatic heterocycles. The first kappa shape index (κ1) is 19.0. The zero-order valence-corrected chi connectivity index (χ0v) is 15.2. The van der Waals surface area contributed by atoms with Crippen LogP contribution < -0.4 is 10.1 Å². The maximum atomic E-state index is 12.1. The van der Waals surface area contributed by atoms with Gasteiger partial charge in [-0.05, 0) is 30.5 Å². The molecule has 2 aromatic carbocycles. The first-order valence-corrected chi connectivity index (χ1v) is 9.34. The normalized spacial score (nSPS) is 10.4. The number of carbonyl (C=O) groups excluding carboxylic acids is 1. The number of amides is 1. The van der Waals surface area contributed by atoms with E-state index in [4.69, 9.17) is 4.74 Å². The Hall–Kier alpha value is -2.29. The largest absolute Gasteiger partial charge is 0.494 e. The number of nitrogens with one attached hydrogen (secondary N) is 1. The van der Waals surface area contributed by atoms with E-state index in [1.54, 1.807) is 0 Å².